The molecule has 5 atom stereocenters. The molecule has 2 aliphatic carbocycles. The fourth-order valence-corrected chi connectivity index (χ4v) is 5.41. The van der Waals surface area contributed by atoms with Crippen LogP contribution in [0.5, 0.6) is 0 Å². The van der Waals surface area contributed by atoms with Gasteiger partial charge in [0.25, 0.3) is 0 Å². The van der Waals surface area contributed by atoms with E-state index >= 15 is 0 Å². The average Bonchev–Trinajstić information content (AvgIpc) is 2.35. The Hall–Kier alpha value is 0.270. The number of hydrogen-bond donors (Lipinski definition) is 1. The predicted octanol–water partition coefficient (Wildman–Crippen LogP) is 2.57. The van der Waals surface area contributed by atoms with Gasteiger partial charge in [-0.3, -0.25) is 0 Å². The minimum atomic E-state index is 0.509. The molecule has 3 fully saturated rings. The number of ether oxygens (including phenoxy) is 1. The normalized spacial score (nSPS) is 48.2. The van der Waals surface area contributed by atoms with E-state index in [2.05, 4.69) is 17.1 Å². The lowest BCUT2D eigenvalue weighted by molar-refractivity contribution is 0.0562. The minimum absolute atomic E-state index is 0.509. The molecule has 92 valence electrons. The molecular formula is C13H23NOS. The molecule has 3 rings (SSSR count). The molecule has 2 saturated carbocycles. The Morgan fingerprint density at radius 3 is 2.69 bits per heavy atom. The van der Waals surface area contributed by atoms with E-state index in [4.69, 9.17) is 4.74 Å². The Bertz CT molecular complexity index is 248. The zero-order valence-electron chi connectivity index (χ0n) is 10.2. The molecule has 0 aromatic carbocycles. The van der Waals surface area contributed by atoms with Crippen LogP contribution < -0.4 is 5.32 Å². The van der Waals surface area contributed by atoms with E-state index in [0.717, 1.165) is 22.6 Å². The van der Waals surface area contributed by atoms with E-state index in [9.17, 15) is 0 Å². The molecule has 3 heteroatoms. The second-order valence-corrected chi connectivity index (χ2v) is 7.03. The van der Waals surface area contributed by atoms with Crippen LogP contribution in [0.25, 0.3) is 0 Å². The second kappa shape index (κ2) is 4.87. The molecule has 0 amide bonds. The number of thioether (sulfide) groups is 1. The molecular weight excluding hydrogens is 218 g/mol. The maximum atomic E-state index is 5.53. The van der Waals surface area contributed by atoms with E-state index in [1.165, 1.54) is 44.9 Å². The molecule has 0 aromatic heterocycles. The van der Waals surface area contributed by atoms with Crippen LogP contribution in [-0.4, -0.2) is 35.8 Å². The van der Waals surface area contributed by atoms with E-state index in [-0.39, 0.29) is 0 Å². The Morgan fingerprint density at radius 2 is 1.81 bits per heavy atom. The average molecular weight is 241 g/mol. The third kappa shape index (κ3) is 2.14. The lowest BCUT2D eigenvalue weighted by Gasteiger charge is -2.47. The summed E-state index contributed by atoms with van der Waals surface area (Å²) in [6, 6.07) is 1.53. The van der Waals surface area contributed by atoms with Gasteiger partial charge in [-0.25, -0.2) is 0 Å². The van der Waals surface area contributed by atoms with Crippen LogP contribution in [0.15, 0.2) is 0 Å². The Morgan fingerprint density at radius 1 is 1.00 bits per heavy atom. The molecule has 1 heterocycles. The molecule has 3 aliphatic rings. The van der Waals surface area contributed by atoms with Gasteiger partial charge in [-0.2, -0.15) is 11.8 Å². The van der Waals surface area contributed by atoms with Gasteiger partial charge in [0.1, 0.15) is 0 Å². The van der Waals surface area contributed by atoms with E-state index in [0.29, 0.717) is 6.10 Å². The van der Waals surface area contributed by atoms with E-state index < -0.39 is 0 Å². The molecule has 5 unspecified atom stereocenters. The summed E-state index contributed by atoms with van der Waals surface area (Å²) in [5.74, 6) is 0. The summed E-state index contributed by atoms with van der Waals surface area (Å²) in [5.41, 5.74) is 0. The number of nitrogens with one attached hydrogen (secondary N) is 1. The van der Waals surface area contributed by atoms with E-state index in [1.54, 1.807) is 0 Å². The van der Waals surface area contributed by atoms with Crippen LogP contribution in [0.3, 0.4) is 0 Å². The van der Waals surface area contributed by atoms with Gasteiger partial charge in [-0.05, 0) is 32.1 Å². The van der Waals surface area contributed by atoms with Crippen molar-refractivity contribution < 1.29 is 4.74 Å². The summed E-state index contributed by atoms with van der Waals surface area (Å²) >= 11 is 2.29. The van der Waals surface area contributed by atoms with Crippen molar-refractivity contribution in [2.24, 2.45) is 0 Å². The quantitative estimate of drug-likeness (QED) is 0.762. The molecule has 1 N–H and O–H groups in total. The van der Waals surface area contributed by atoms with Crippen LogP contribution in [0.1, 0.15) is 44.9 Å². The number of rotatable bonds is 1. The predicted molar refractivity (Wildman–Crippen MR) is 69.0 cm³/mol. The summed E-state index contributed by atoms with van der Waals surface area (Å²) in [4.78, 5) is 0. The summed E-state index contributed by atoms with van der Waals surface area (Å²) in [6.07, 6.45) is 10.1. The van der Waals surface area contributed by atoms with Crippen molar-refractivity contribution in [3.63, 3.8) is 0 Å². The highest BCUT2D eigenvalue weighted by atomic mass is 32.2. The minimum Gasteiger partial charge on any atom is -0.381 e. The highest BCUT2D eigenvalue weighted by molar-refractivity contribution is 8.00. The van der Waals surface area contributed by atoms with Crippen LogP contribution in [-0.2, 0) is 4.74 Å². The SMILES string of the molecule is COC1CCC2SC3CCCCC3NC2C1. The fourth-order valence-electron chi connectivity index (χ4n) is 3.61. The van der Waals surface area contributed by atoms with E-state index in [1.807, 2.05) is 7.11 Å². The highest BCUT2D eigenvalue weighted by Gasteiger charge is 2.41. The van der Waals surface area contributed by atoms with Gasteiger partial charge in [-0.1, -0.05) is 12.8 Å². The number of fused-ring (bicyclic) bond motifs is 2. The van der Waals surface area contributed by atoms with Crippen LogP contribution in [0.4, 0.5) is 0 Å². The molecule has 0 spiro atoms. The third-order valence-corrected chi connectivity index (χ3v) is 6.38. The Labute approximate surface area is 103 Å². The first kappa shape index (κ1) is 11.4. The van der Waals surface area contributed by atoms with Crippen LogP contribution in [0, 0.1) is 0 Å². The smallest absolute Gasteiger partial charge is 0.0587 e. The van der Waals surface area contributed by atoms with Crippen LogP contribution >= 0.6 is 11.8 Å². The van der Waals surface area contributed by atoms with Crippen molar-refractivity contribution in [1.29, 1.82) is 0 Å². The molecule has 0 bridgehead atoms. The van der Waals surface area contributed by atoms with Crippen LogP contribution in [0.2, 0.25) is 0 Å². The van der Waals surface area contributed by atoms with Crippen molar-refractivity contribution in [3.05, 3.63) is 0 Å². The topological polar surface area (TPSA) is 21.3 Å². The first-order valence-electron chi connectivity index (χ1n) is 6.81. The highest BCUT2D eigenvalue weighted by Crippen LogP contribution is 2.42. The zero-order valence-corrected chi connectivity index (χ0v) is 11.0. The molecule has 0 aromatic rings. The van der Waals surface area contributed by atoms with Crippen molar-refractivity contribution in [2.45, 2.75) is 73.6 Å². The van der Waals surface area contributed by atoms with Gasteiger partial charge >= 0.3 is 0 Å². The second-order valence-electron chi connectivity index (χ2n) is 5.55. The molecule has 1 aliphatic heterocycles. The molecule has 1 saturated heterocycles. The summed E-state index contributed by atoms with van der Waals surface area (Å²) in [5, 5.41) is 5.70. The van der Waals surface area contributed by atoms with Crippen molar-refractivity contribution in [3.8, 4) is 0 Å². The Kier molecular flexibility index (Phi) is 3.46. The number of hydrogen-bond acceptors (Lipinski definition) is 3. The maximum absolute atomic E-state index is 5.53. The monoisotopic (exact) mass is 241 g/mol. The van der Waals surface area contributed by atoms with Crippen molar-refractivity contribution in [1.82, 2.24) is 5.32 Å². The molecule has 2 nitrogen and oxygen atoms in total. The largest absolute Gasteiger partial charge is 0.381 e. The maximum Gasteiger partial charge on any atom is 0.0587 e. The zero-order chi connectivity index (χ0) is 11.0. The lowest BCUT2D eigenvalue weighted by atomic mass is 9.88. The number of methoxy groups -OCH3 is 1. The third-order valence-electron chi connectivity index (χ3n) is 4.55. The van der Waals surface area contributed by atoms with Gasteiger partial charge in [0.2, 0.25) is 0 Å². The van der Waals surface area contributed by atoms with Gasteiger partial charge in [0.15, 0.2) is 0 Å². The lowest BCUT2D eigenvalue weighted by Crippen LogP contribution is -2.57. The first-order chi connectivity index (χ1) is 7.86. The summed E-state index contributed by atoms with van der Waals surface area (Å²) in [6.45, 7) is 0. The Balaban J connectivity index is 1.64. The van der Waals surface area contributed by atoms with Gasteiger partial charge in [0, 0.05) is 29.7 Å². The fraction of sp³-hybridized carbons (Fsp3) is 1.00. The standard InChI is InChI=1S/C13H23NOS/c1-15-9-6-7-13-11(8-9)14-10-4-2-3-5-12(10)16-13/h9-14H,2-8H2,1H3. The van der Waals surface area contributed by atoms with Crippen molar-refractivity contribution in [2.75, 3.05) is 7.11 Å². The van der Waals surface area contributed by atoms with Gasteiger partial charge < -0.3 is 10.1 Å². The van der Waals surface area contributed by atoms with Crippen molar-refractivity contribution >= 4 is 11.8 Å². The van der Waals surface area contributed by atoms with Gasteiger partial charge in [0.05, 0.1) is 6.10 Å². The van der Waals surface area contributed by atoms with Gasteiger partial charge in [-0.15, -0.1) is 0 Å². The summed E-state index contributed by atoms with van der Waals surface area (Å²) in [7, 11) is 1.87. The molecule has 16 heavy (non-hydrogen) atoms. The molecule has 0 radical (unpaired) electrons. The first-order valence-corrected chi connectivity index (χ1v) is 7.75. The summed E-state index contributed by atoms with van der Waals surface area (Å²) < 4.78 is 5.53.